The van der Waals surface area contributed by atoms with Crippen LogP contribution in [0.25, 0.3) is 0 Å². The summed E-state index contributed by atoms with van der Waals surface area (Å²) < 4.78 is 11.0. The summed E-state index contributed by atoms with van der Waals surface area (Å²) in [4.78, 5) is 38.3. The predicted molar refractivity (Wildman–Crippen MR) is 101 cm³/mol. The van der Waals surface area contributed by atoms with Crippen LogP contribution in [-0.2, 0) is 14.3 Å². The first-order valence-electron chi connectivity index (χ1n) is 9.84. The Bertz CT molecular complexity index is 542. The lowest BCUT2D eigenvalue weighted by Gasteiger charge is -2.35. The monoisotopic (exact) mass is 400 g/mol. The van der Waals surface area contributed by atoms with Gasteiger partial charge < -0.3 is 35.4 Å². The lowest BCUT2D eigenvalue weighted by atomic mass is 9.94. The SMILES string of the molecule is C[C@@H]1CN(C(=O)OCCC2CCN(C(=O)NCC(N)C(=O)O)CC2)C[C@H](C)O1. The van der Waals surface area contributed by atoms with Gasteiger partial charge in [0.2, 0.25) is 0 Å². The molecule has 0 aliphatic carbocycles. The first kappa shape index (κ1) is 22.2. The second-order valence-electron chi connectivity index (χ2n) is 7.63. The van der Waals surface area contributed by atoms with Gasteiger partial charge in [-0.25, -0.2) is 9.59 Å². The standard InChI is InChI=1S/C18H32N4O6/c1-12-10-22(11-13(2)28-12)18(26)27-8-5-14-3-6-21(7-4-14)17(25)20-9-15(19)16(23)24/h12-15H,3-11,19H2,1-2H3,(H,20,25)(H,23,24)/t12-,13+,15?. The Balaban J connectivity index is 1.61. The number of rotatable bonds is 6. The summed E-state index contributed by atoms with van der Waals surface area (Å²) >= 11 is 0. The van der Waals surface area contributed by atoms with Crippen LogP contribution in [0.4, 0.5) is 9.59 Å². The number of aliphatic carboxylic acids is 1. The highest BCUT2D eigenvalue weighted by molar-refractivity contribution is 5.77. The molecule has 0 radical (unpaired) electrons. The summed E-state index contributed by atoms with van der Waals surface area (Å²) in [7, 11) is 0. The fourth-order valence-corrected chi connectivity index (χ4v) is 3.55. The molecule has 1 unspecified atom stereocenters. The zero-order valence-electron chi connectivity index (χ0n) is 16.6. The number of hydrogen-bond acceptors (Lipinski definition) is 6. The number of likely N-dealkylation sites (tertiary alicyclic amines) is 1. The summed E-state index contributed by atoms with van der Waals surface area (Å²) in [6.45, 7) is 6.41. The Kier molecular flexibility index (Phi) is 8.31. The Morgan fingerprint density at radius 2 is 1.79 bits per heavy atom. The zero-order chi connectivity index (χ0) is 20.7. The van der Waals surface area contributed by atoms with Crippen LogP contribution in [0.5, 0.6) is 0 Å². The van der Waals surface area contributed by atoms with Crippen LogP contribution in [0.15, 0.2) is 0 Å². The fourth-order valence-electron chi connectivity index (χ4n) is 3.55. The van der Waals surface area contributed by atoms with Gasteiger partial charge in [0.25, 0.3) is 0 Å². The molecule has 2 fully saturated rings. The molecule has 10 nitrogen and oxygen atoms in total. The number of ether oxygens (including phenoxy) is 2. The highest BCUT2D eigenvalue weighted by Crippen LogP contribution is 2.21. The van der Waals surface area contributed by atoms with Crippen LogP contribution < -0.4 is 11.1 Å². The van der Waals surface area contributed by atoms with Crippen molar-refractivity contribution >= 4 is 18.1 Å². The van der Waals surface area contributed by atoms with E-state index in [0.29, 0.717) is 38.7 Å². The number of carboxylic acid groups (broad SMARTS) is 1. The fraction of sp³-hybridized carbons (Fsp3) is 0.833. The number of morpholine rings is 1. The largest absolute Gasteiger partial charge is 0.480 e. The molecular formula is C18H32N4O6. The summed E-state index contributed by atoms with van der Waals surface area (Å²) in [6.07, 6.45) is 2.13. The summed E-state index contributed by atoms with van der Waals surface area (Å²) in [5.74, 6) is -0.754. The Hall–Kier alpha value is -2.07. The van der Waals surface area contributed by atoms with Crippen LogP contribution in [0.2, 0.25) is 0 Å². The third kappa shape index (κ3) is 6.83. The Morgan fingerprint density at radius 3 is 2.36 bits per heavy atom. The van der Waals surface area contributed by atoms with Crippen LogP contribution in [0.1, 0.15) is 33.1 Å². The first-order chi connectivity index (χ1) is 13.3. The molecule has 10 heteroatoms. The average Bonchev–Trinajstić information content (AvgIpc) is 2.65. The molecule has 2 rings (SSSR count). The molecule has 0 aromatic rings. The second-order valence-corrected chi connectivity index (χ2v) is 7.63. The van der Waals surface area contributed by atoms with E-state index in [1.54, 1.807) is 9.80 Å². The van der Waals surface area contributed by atoms with E-state index in [-0.39, 0.29) is 30.9 Å². The van der Waals surface area contributed by atoms with Gasteiger partial charge in [-0.2, -0.15) is 0 Å². The van der Waals surface area contributed by atoms with Crippen LogP contribution in [0, 0.1) is 5.92 Å². The van der Waals surface area contributed by atoms with E-state index in [1.165, 1.54) is 0 Å². The predicted octanol–water partition coefficient (Wildman–Crippen LogP) is 0.456. The number of hydrogen-bond donors (Lipinski definition) is 3. The highest BCUT2D eigenvalue weighted by atomic mass is 16.6. The summed E-state index contributed by atoms with van der Waals surface area (Å²) in [5, 5.41) is 11.3. The smallest absolute Gasteiger partial charge is 0.409 e. The molecule has 4 N–H and O–H groups in total. The molecule has 0 saturated carbocycles. The Labute approximate surface area is 165 Å². The molecule has 160 valence electrons. The molecule has 0 bridgehead atoms. The lowest BCUT2D eigenvalue weighted by Crippen LogP contribution is -2.49. The molecule has 0 spiro atoms. The Morgan fingerprint density at radius 1 is 1.18 bits per heavy atom. The van der Waals surface area contributed by atoms with E-state index in [9.17, 15) is 14.4 Å². The maximum atomic E-state index is 12.2. The maximum absolute atomic E-state index is 12.2. The van der Waals surface area contributed by atoms with Crippen molar-refractivity contribution in [2.24, 2.45) is 11.7 Å². The molecule has 2 aliphatic heterocycles. The van der Waals surface area contributed by atoms with Crippen molar-refractivity contribution in [1.29, 1.82) is 0 Å². The van der Waals surface area contributed by atoms with E-state index < -0.39 is 12.0 Å². The van der Waals surface area contributed by atoms with Gasteiger partial charge >= 0.3 is 18.1 Å². The molecule has 0 aromatic carbocycles. The molecule has 3 atom stereocenters. The number of nitrogens with one attached hydrogen (secondary N) is 1. The number of nitrogens with two attached hydrogens (primary N) is 1. The second kappa shape index (κ2) is 10.5. The van der Waals surface area contributed by atoms with Gasteiger partial charge in [-0.3, -0.25) is 4.79 Å². The van der Waals surface area contributed by atoms with Gasteiger partial charge in [-0.1, -0.05) is 0 Å². The quantitative estimate of drug-likeness (QED) is 0.589. The number of urea groups is 1. The molecule has 2 heterocycles. The zero-order valence-corrected chi connectivity index (χ0v) is 16.6. The lowest BCUT2D eigenvalue weighted by molar-refractivity contribution is -0.138. The number of piperidine rings is 1. The maximum Gasteiger partial charge on any atom is 0.409 e. The highest BCUT2D eigenvalue weighted by Gasteiger charge is 2.28. The van der Waals surface area contributed by atoms with Crippen molar-refractivity contribution in [3.8, 4) is 0 Å². The third-order valence-corrected chi connectivity index (χ3v) is 5.12. The van der Waals surface area contributed by atoms with E-state index in [0.717, 1.165) is 19.3 Å². The van der Waals surface area contributed by atoms with Gasteiger partial charge in [0.05, 0.1) is 31.9 Å². The molecule has 2 aliphatic rings. The van der Waals surface area contributed by atoms with Crippen molar-refractivity contribution < 1.29 is 29.0 Å². The summed E-state index contributed by atoms with van der Waals surface area (Å²) in [6, 6.07) is -1.40. The summed E-state index contributed by atoms with van der Waals surface area (Å²) in [5.41, 5.74) is 5.38. The van der Waals surface area contributed by atoms with E-state index in [1.807, 2.05) is 13.8 Å². The van der Waals surface area contributed by atoms with Gasteiger partial charge in [0.1, 0.15) is 6.04 Å². The molecule has 3 amide bonds. The minimum Gasteiger partial charge on any atom is -0.480 e. The van der Waals surface area contributed by atoms with Crippen molar-refractivity contribution in [3.05, 3.63) is 0 Å². The van der Waals surface area contributed by atoms with Gasteiger partial charge in [-0.15, -0.1) is 0 Å². The molecule has 0 aromatic heterocycles. The number of carboxylic acids is 1. The first-order valence-corrected chi connectivity index (χ1v) is 9.84. The number of carbonyl (C=O) groups excluding carboxylic acids is 2. The van der Waals surface area contributed by atoms with Crippen molar-refractivity contribution in [1.82, 2.24) is 15.1 Å². The molecular weight excluding hydrogens is 368 g/mol. The van der Waals surface area contributed by atoms with Gasteiger partial charge in [-0.05, 0) is 39.0 Å². The topological polar surface area (TPSA) is 134 Å². The van der Waals surface area contributed by atoms with Gasteiger partial charge in [0, 0.05) is 19.6 Å². The van der Waals surface area contributed by atoms with Crippen molar-refractivity contribution in [2.75, 3.05) is 39.3 Å². The molecule has 28 heavy (non-hydrogen) atoms. The van der Waals surface area contributed by atoms with E-state index in [4.69, 9.17) is 20.3 Å². The third-order valence-electron chi connectivity index (χ3n) is 5.12. The van der Waals surface area contributed by atoms with Crippen molar-refractivity contribution in [2.45, 2.75) is 51.4 Å². The number of nitrogens with zero attached hydrogens (tertiary/aromatic N) is 2. The van der Waals surface area contributed by atoms with Crippen LogP contribution in [0.3, 0.4) is 0 Å². The van der Waals surface area contributed by atoms with Crippen LogP contribution >= 0.6 is 0 Å². The van der Waals surface area contributed by atoms with Gasteiger partial charge in [0.15, 0.2) is 0 Å². The normalized spacial score (nSPS) is 24.5. The molecule has 2 saturated heterocycles. The van der Waals surface area contributed by atoms with E-state index >= 15 is 0 Å². The average molecular weight is 400 g/mol. The van der Waals surface area contributed by atoms with Crippen LogP contribution in [-0.4, -0.2) is 90.6 Å². The van der Waals surface area contributed by atoms with Crippen molar-refractivity contribution in [3.63, 3.8) is 0 Å². The number of amides is 3. The minimum absolute atomic E-state index is 0.0109. The van der Waals surface area contributed by atoms with E-state index in [2.05, 4.69) is 5.32 Å². The minimum atomic E-state index is -1.14. The number of carbonyl (C=O) groups is 3.